The number of carbonyl (C=O) groups excluding carboxylic acids is 1. The van der Waals surface area contributed by atoms with Crippen LogP contribution in [-0.4, -0.2) is 34.9 Å². The van der Waals surface area contributed by atoms with Gasteiger partial charge in [0.25, 0.3) is 0 Å². The predicted molar refractivity (Wildman–Crippen MR) is 95.6 cm³/mol. The number of carbonyl (C=O) groups is 1. The highest BCUT2D eigenvalue weighted by Crippen LogP contribution is 2.25. The van der Waals surface area contributed by atoms with Gasteiger partial charge in [0.15, 0.2) is 5.78 Å². The fraction of sp³-hybridized carbons (Fsp3) is 0.300. The van der Waals surface area contributed by atoms with Gasteiger partial charge in [-0.05, 0) is 29.2 Å². The van der Waals surface area contributed by atoms with Crippen LogP contribution in [0, 0.1) is 0 Å². The Kier molecular flexibility index (Phi) is 5.06. The first-order chi connectivity index (χ1) is 11.7. The number of allylic oxidation sites excluding steroid dienone is 2. The van der Waals surface area contributed by atoms with Crippen molar-refractivity contribution in [1.82, 2.24) is 0 Å². The summed E-state index contributed by atoms with van der Waals surface area (Å²) in [5.41, 5.74) is 1.96. The fourth-order valence-corrected chi connectivity index (χ4v) is 3.21. The van der Waals surface area contributed by atoms with Crippen molar-refractivity contribution in [2.24, 2.45) is 4.99 Å². The van der Waals surface area contributed by atoms with Gasteiger partial charge < -0.3 is 10.2 Å². The molecule has 0 radical (unpaired) electrons. The summed E-state index contributed by atoms with van der Waals surface area (Å²) in [4.78, 5) is 16.6. The molecule has 2 N–H and O–H groups in total. The van der Waals surface area contributed by atoms with Crippen molar-refractivity contribution in [2.45, 2.75) is 25.7 Å². The van der Waals surface area contributed by atoms with Gasteiger partial charge in [0.2, 0.25) is 0 Å². The molecule has 24 heavy (non-hydrogen) atoms. The second-order valence-electron chi connectivity index (χ2n) is 5.97. The molecule has 0 aromatic heterocycles. The lowest BCUT2D eigenvalue weighted by molar-refractivity contribution is -0.115. The lowest BCUT2D eigenvalue weighted by atomic mass is 9.88. The minimum absolute atomic E-state index is 0.0596. The molecule has 1 aliphatic carbocycles. The lowest BCUT2D eigenvalue weighted by Gasteiger charge is -2.18. The van der Waals surface area contributed by atoms with E-state index in [1.165, 1.54) is 0 Å². The number of rotatable bonds is 4. The summed E-state index contributed by atoms with van der Waals surface area (Å²) in [6.07, 6.45) is 2.16. The number of aliphatic hydroxyl groups excluding tert-OH is 2. The molecule has 0 atom stereocenters. The average molecular weight is 323 g/mol. The van der Waals surface area contributed by atoms with Crippen molar-refractivity contribution in [2.75, 3.05) is 13.2 Å². The maximum Gasteiger partial charge on any atom is 0.168 e. The number of hydrogen-bond acceptors (Lipinski definition) is 4. The number of benzene rings is 2. The molecule has 2 aromatic carbocycles. The molecule has 1 aliphatic rings. The molecule has 0 bridgehead atoms. The van der Waals surface area contributed by atoms with Crippen LogP contribution < -0.4 is 0 Å². The number of hydrogen-bond donors (Lipinski definition) is 2. The molecule has 2 aromatic rings. The summed E-state index contributed by atoms with van der Waals surface area (Å²) in [5.74, 6) is 0.0171. The Bertz CT molecular complexity index is 815. The van der Waals surface area contributed by atoms with E-state index in [0.717, 1.165) is 22.8 Å². The number of Topliss-reactive ketones (excluding diaryl/α,β-unsaturated/α-hetero) is 1. The minimum atomic E-state index is -0.0605. The van der Waals surface area contributed by atoms with Gasteiger partial charge in [0.1, 0.15) is 5.76 Å². The van der Waals surface area contributed by atoms with E-state index in [9.17, 15) is 9.90 Å². The normalized spacial score (nSPS) is 19.0. The van der Waals surface area contributed by atoms with Crippen molar-refractivity contribution >= 4 is 22.3 Å². The van der Waals surface area contributed by atoms with E-state index >= 15 is 0 Å². The van der Waals surface area contributed by atoms with Crippen LogP contribution in [0.1, 0.15) is 24.8 Å². The number of ketones is 1. The van der Waals surface area contributed by atoms with E-state index in [4.69, 9.17) is 5.11 Å². The summed E-state index contributed by atoms with van der Waals surface area (Å²) in [7, 11) is 0. The Morgan fingerprint density at radius 3 is 2.71 bits per heavy atom. The van der Waals surface area contributed by atoms with Crippen molar-refractivity contribution < 1.29 is 15.0 Å². The number of aliphatic hydroxyl groups is 2. The van der Waals surface area contributed by atoms with E-state index in [1.807, 2.05) is 42.5 Å². The SMILES string of the molecule is O=C1CCCC(=NCCO)C1=C(O)Cc1cccc2ccccc12. The van der Waals surface area contributed by atoms with Gasteiger partial charge in [0.05, 0.1) is 18.7 Å². The van der Waals surface area contributed by atoms with E-state index < -0.39 is 0 Å². The van der Waals surface area contributed by atoms with Gasteiger partial charge >= 0.3 is 0 Å². The zero-order valence-electron chi connectivity index (χ0n) is 13.5. The van der Waals surface area contributed by atoms with Gasteiger partial charge in [-0.15, -0.1) is 0 Å². The van der Waals surface area contributed by atoms with Crippen molar-refractivity contribution in [3.05, 3.63) is 59.4 Å². The summed E-state index contributed by atoms with van der Waals surface area (Å²) >= 11 is 0. The highest BCUT2D eigenvalue weighted by molar-refractivity contribution is 6.24. The van der Waals surface area contributed by atoms with E-state index in [2.05, 4.69) is 4.99 Å². The maximum absolute atomic E-state index is 12.3. The Labute approximate surface area is 141 Å². The molecule has 0 heterocycles. The molecule has 1 saturated carbocycles. The Morgan fingerprint density at radius 1 is 1.08 bits per heavy atom. The summed E-state index contributed by atoms with van der Waals surface area (Å²) < 4.78 is 0. The van der Waals surface area contributed by atoms with Crippen LogP contribution in [0.2, 0.25) is 0 Å². The maximum atomic E-state index is 12.3. The van der Waals surface area contributed by atoms with Gasteiger partial charge in [-0.1, -0.05) is 42.5 Å². The van der Waals surface area contributed by atoms with E-state index in [-0.39, 0.29) is 24.7 Å². The third kappa shape index (κ3) is 3.39. The van der Waals surface area contributed by atoms with Crippen LogP contribution in [0.3, 0.4) is 0 Å². The van der Waals surface area contributed by atoms with E-state index in [1.54, 1.807) is 0 Å². The van der Waals surface area contributed by atoms with Crippen LogP contribution >= 0.6 is 0 Å². The van der Waals surface area contributed by atoms with Crippen LogP contribution in [-0.2, 0) is 11.2 Å². The minimum Gasteiger partial charge on any atom is -0.511 e. The molecule has 1 fully saturated rings. The first-order valence-electron chi connectivity index (χ1n) is 8.27. The molecule has 4 nitrogen and oxygen atoms in total. The fourth-order valence-electron chi connectivity index (χ4n) is 3.21. The Morgan fingerprint density at radius 2 is 1.88 bits per heavy atom. The molecular weight excluding hydrogens is 302 g/mol. The molecule has 4 heteroatoms. The van der Waals surface area contributed by atoms with Crippen molar-refractivity contribution in [3.8, 4) is 0 Å². The average Bonchev–Trinajstić information content (AvgIpc) is 2.60. The van der Waals surface area contributed by atoms with Crippen molar-refractivity contribution in [1.29, 1.82) is 0 Å². The summed E-state index contributed by atoms with van der Waals surface area (Å²) in [5, 5.41) is 21.8. The molecule has 124 valence electrons. The lowest BCUT2D eigenvalue weighted by Crippen LogP contribution is -2.22. The molecular formula is C20H21NO3. The molecule has 0 aliphatic heterocycles. The second kappa shape index (κ2) is 7.41. The highest BCUT2D eigenvalue weighted by atomic mass is 16.3. The van der Waals surface area contributed by atoms with Crippen LogP contribution in [0.25, 0.3) is 10.8 Å². The third-order valence-electron chi connectivity index (χ3n) is 4.31. The Hall–Kier alpha value is -2.46. The first-order valence-corrected chi connectivity index (χ1v) is 8.27. The molecule has 0 spiro atoms. The number of fused-ring (bicyclic) bond motifs is 1. The van der Waals surface area contributed by atoms with Crippen LogP contribution in [0.5, 0.6) is 0 Å². The largest absolute Gasteiger partial charge is 0.511 e. The second-order valence-corrected chi connectivity index (χ2v) is 5.97. The van der Waals surface area contributed by atoms with Crippen LogP contribution in [0.4, 0.5) is 0 Å². The molecule has 0 saturated heterocycles. The van der Waals surface area contributed by atoms with E-state index in [0.29, 0.717) is 30.5 Å². The molecule has 0 amide bonds. The number of nitrogens with zero attached hydrogens (tertiary/aromatic N) is 1. The smallest absolute Gasteiger partial charge is 0.168 e. The topological polar surface area (TPSA) is 69.9 Å². The van der Waals surface area contributed by atoms with Gasteiger partial charge in [-0.25, -0.2) is 0 Å². The Balaban J connectivity index is 1.99. The van der Waals surface area contributed by atoms with Gasteiger partial charge in [-0.3, -0.25) is 9.79 Å². The summed E-state index contributed by atoms with van der Waals surface area (Å²) in [6, 6.07) is 14.0. The van der Waals surface area contributed by atoms with Crippen molar-refractivity contribution in [3.63, 3.8) is 0 Å². The quantitative estimate of drug-likeness (QED) is 0.669. The molecule has 3 rings (SSSR count). The number of aliphatic imine (C=N–C) groups is 1. The zero-order valence-corrected chi connectivity index (χ0v) is 13.5. The zero-order chi connectivity index (χ0) is 16.9. The van der Waals surface area contributed by atoms with Gasteiger partial charge in [0, 0.05) is 18.6 Å². The van der Waals surface area contributed by atoms with Gasteiger partial charge in [-0.2, -0.15) is 0 Å². The standard InChI is InChI=1S/C20H21NO3/c22-12-11-21-17-9-4-10-18(23)20(17)19(24)13-15-7-3-6-14-5-1-2-8-16(14)15/h1-3,5-8,22,24H,4,9-13H2. The highest BCUT2D eigenvalue weighted by Gasteiger charge is 2.25. The first kappa shape index (κ1) is 16.4. The van der Waals surface area contributed by atoms with Crippen LogP contribution in [0.15, 0.2) is 58.8 Å². The molecule has 0 unspecified atom stereocenters. The third-order valence-corrected chi connectivity index (χ3v) is 4.31. The monoisotopic (exact) mass is 323 g/mol. The summed E-state index contributed by atoms with van der Waals surface area (Å²) in [6.45, 7) is 0.197. The predicted octanol–water partition coefficient (Wildman–Crippen LogP) is 3.38.